The van der Waals surface area contributed by atoms with Crippen molar-refractivity contribution >= 4 is 23.2 Å². The van der Waals surface area contributed by atoms with Gasteiger partial charge in [-0.15, -0.1) is 0 Å². The number of nitrogen functional groups attached to an aromatic ring is 1. The Bertz CT molecular complexity index is 500. The van der Waals surface area contributed by atoms with Crippen LogP contribution in [0, 0.1) is 5.92 Å². The van der Waals surface area contributed by atoms with E-state index in [0.29, 0.717) is 42.4 Å². The lowest BCUT2D eigenvalue weighted by atomic mass is 10.1. The highest BCUT2D eigenvalue weighted by atomic mass is 16.2. The number of nitrogens with two attached hydrogens (primary N) is 1. The summed E-state index contributed by atoms with van der Waals surface area (Å²) in [7, 11) is 1.57. The lowest BCUT2D eigenvalue weighted by Crippen LogP contribution is -2.28. The molecule has 1 aromatic rings. The molecule has 0 heterocycles. The number of benzene rings is 1. The Morgan fingerprint density at radius 3 is 2.62 bits per heavy atom. The number of carbonyl (C=O) groups is 2. The van der Waals surface area contributed by atoms with Gasteiger partial charge in [-0.25, -0.2) is 0 Å². The van der Waals surface area contributed by atoms with E-state index in [0.717, 1.165) is 0 Å². The van der Waals surface area contributed by atoms with Crippen molar-refractivity contribution in [3.8, 4) is 0 Å². The number of hydrogen-bond acceptors (Lipinski definition) is 4. The van der Waals surface area contributed by atoms with Gasteiger partial charge in [0, 0.05) is 32.1 Å². The first-order valence-electron chi connectivity index (χ1n) is 7.06. The number of nitrogens with one attached hydrogen (secondary N) is 3. The van der Waals surface area contributed by atoms with Gasteiger partial charge in [-0.3, -0.25) is 9.59 Å². The molecule has 21 heavy (non-hydrogen) atoms. The van der Waals surface area contributed by atoms with Crippen LogP contribution in [-0.4, -0.2) is 32.0 Å². The Hall–Kier alpha value is -2.24. The van der Waals surface area contributed by atoms with Gasteiger partial charge >= 0.3 is 0 Å². The molecule has 116 valence electrons. The van der Waals surface area contributed by atoms with Gasteiger partial charge in [-0.05, 0) is 24.1 Å². The molecule has 0 atom stereocenters. The summed E-state index contributed by atoms with van der Waals surface area (Å²) in [5.41, 5.74) is 7.58. The third-order valence-electron chi connectivity index (χ3n) is 2.92. The molecule has 0 spiro atoms. The maximum atomic E-state index is 11.6. The lowest BCUT2D eigenvalue weighted by molar-refractivity contribution is -0.120. The average Bonchev–Trinajstić information content (AvgIpc) is 2.46. The fraction of sp³-hybridized carbons (Fsp3) is 0.467. The van der Waals surface area contributed by atoms with E-state index in [1.54, 1.807) is 25.2 Å². The fourth-order valence-corrected chi connectivity index (χ4v) is 1.71. The van der Waals surface area contributed by atoms with Crippen LogP contribution in [0.4, 0.5) is 11.4 Å². The number of anilines is 2. The van der Waals surface area contributed by atoms with Gasteiger partial charge in [0.2, 0.25) is 5.91 Å². The number of amides is 2. The molecule has 1 aromatic carbocycles. The summed E-state index contributed by atoms with van der Waals surface area (Å²) in [6.45, 7) is 5.23. The zero-order valence-corrected chi connectivity index (χ0v) is 12.8. The van der Waals surface area contributed by atoms with Crippen LogP contribution in [0.5, 0.6) is 0 Å². The van der Waals surface area contributed by atoms with Crippen molar-refractivity contribution in [3.63, 3.8) is 0 Å². The molecule has 5 N–H and O–H groups in total. The first-order chi connectivity index (χ1) is 9.93. The first-order valence-corrected chi connectivity index (χ1v) is 7.06. The molecule has 0 saturated carbocycles. The van der Waals surface area contributed by atoms with Gasteiger partial charge in [0.1, 0.15) is 0 Å². The summed E-state index contributed by atoms with van der Waals surface area (Å²) in [4.78, 5) is 23.2. The molecule has 0 aromatic heterocycles. The third-order valence-corrected chi connectivity index (χ3v) is 2.92. The van der Waals surface area contributed by atoms with Gasteiger partial charge in [0.25, 0.3) is 5.91 Å². The molecule has 1 rings (SSSR count). The summed E-state index contributed by atoms with van der Waals surface area (Å²) < 4.78 is 0. The molecule has 0 bridgehead atoms. The van der Waals surface area contributed by atoms with Crippen molar-refractivity contribution in [2.75, 3.05) is 31.2 Å². The minimum absolute atomic E-state index is 0.00257. The summed E-state index contributed by atoms with van der Waals surface area (Å²) in [5, 5.41) is 8.49. The summed E-state index contributed by atoms with van der Waals surface area (Å²) >= 11 is 0. The van der Waals surface area contributed by atoms with E-state index >= 15 is 0 Å². The Morgan fingerprint density at radius 2 is 2.00 bits per heavy atom. The molecule has 2 amide bonds. The molecule has 0 unspecified atom stereocenters. The predicted molar refractivity (Wildman–Crippen MR) is 85.2 cm³/mol. The molecule has 6 heteroatoms. The van der Waals surface area contributed by atoms with Gasteiger partial charge < -0.3 is 21.7 Å². The van der Waals surface area contributed by atoms with E-state index in [1.165, 1.54) is 0 Å². The SMILES string of the molecule is CNC(=O)c1ccc(N)c(NCCC(=O)NCC(C)C)c1. The molecule has 0 radical (unpaired) electrons. The van der Waals surface area contributed by atoms with Crippen molar-refractivity contribution in [2.24, 2.45) is 5.92 Å². The Labute approximate surface area is 125 Å². The molecule has 0 saturated heterocycles. The minimum Gasteiger partial charge on any atom is -0.397 e. The van der Waals surface area contributed by atoms with Crippen LogP contribution >= 0.6 is 0 Å². The Kier molecular flexibility index (Phi) is 6.52. The van der Waals surface area contributed by atoms with Crippen molar-refractivity contribution < 1.29 is 9.59 Å². The molecule has 0 aliphatic carbocycles. The van der Waals surface area contributed by atoms with E-state index in [1.807, 2.05) is 13.8 Å². The van der Waals surface area contributed by atoms with Crippen LogP contribution in [-0.2, 0) is 4.79 Å². The summed E-state index contributed by atoms with van der Waals surface area (Å²) in [5.74, 6) is 0.256. The van der Waals surface area contributed by atoms with Gasteiger partial charge in [-0.2, -0.15) is 0 Å². The van der Waals surface area contributed by atoms with Crippen molar-refractivity contribution in [2.45, 2.75) is 20.3 Å². The van der Waals surface area contributed by atoms with Crippen LogP contribution in [0.1, 0.15) is 30.6 Å². The Balaban J connectivity index is 2.51. The molecule has 0 aliphatic heterocycles. The van der Waals surface area contributed by atoms with Crippen LogP contribution in [0.25, 0.3) is 0 Å². The number of rotatable bonds is 7. The topological polar surface area (TPSA) is 96.2 Å². The minimum atomic E-state index is -0.173. The summed E-state index contributed by atoms with van der Waals surface area (Å²) in [6, 6.07) is 5.01. The van der Waals surface area contributed by atoms with Crippen molar-refractivity contribution in [1.82, 2.24) is 10.6 Å². The normalized spacial score (nSPS) is 10.3. The van der Waals surface area contributed by atoms with Gasteiger partial charge in [0.05, 0.1) is 11.4 Å². The summed E-state index contributed by atoms with van der Waals surface area (Å²) in [6.07, 6.45) is 0.358. The molecular weight excluding hydrogens is 268 g/mol. The zero-order valence-electron chi connectivity index (χ0n) is 12.8. The van der Waals surface area contributed by atoms with E-state index < -0.39 is 0 Å². The quantitative estimate of drug-likeness (QED) is 0.568. The van der Waals surface area contributed by atoms with Crippen LogP contribution in [0.15, 0.2) is 18.2 Å². The second-order valence-corrected chi connectivity index (χ2v) is 5.26. The largest absolute Gasteiger partial charge is 0.397 e. The standard InChI is InChI=1S/C15H24N4O2/c1-10(2)9-19-14(20)6-7-18-13-8-11(15(21)17-3)4-5-12(13)16/h4-5,8,10,18H,6-7,9,16H2,1-3H3,(H,17,21)(H,19,20). The number of carbonyl (C=O) groups excluding carboxylic acids is 2. The highest BCUT2D eigenvalue weighted by molar-refractivity contribution is 5.96. The second kappa shape index (κ2) is 8.14. The smallest absolute Gasteiger partial charge is 0.251 e. The van der Waals surface area contributed by atoms with E-state index in [9.17, 15) is 9.59 Å². The van der Waals surface area contributed by atoms with E-state index in [2.05, 4.69) is 16.0 Å². The van der Waals surface area contributed by atoms with Gasteiger partial charge in [-0.1, -0.05) is 13.8 Å². The number of hydrogen-bond donors (Lipinski definition) is 4. The van der Waals surface area contributed by atoms with Crippen LogP contribution < -0.4 is 21.7 Å². The van der Waals surface area contributed by atoms with Crippen LogP contribution in [0.3, 0.4) is 0 Å². The van der Waals surface area contributed by atoms with E-state index in [4.69, 9.17) is 5.73 Å². The molecule has 0 aliphatic rings. The monoisotopic (exact) mass is 292 g/mol. The third kappa shape index (κ3) is 5.72. The Morgan fingerprint density at radius 1 is 1.29 bits per heavy atom. The van der Waals surface area contributed by atoms with Crippen molar-refractivity contribution in [1.29, 1.82) is 0 Å². The first kappa shape index (κ1) is 16.8. The molecular formula is C15H24N4O2. The van der Waals surface area contributed by atoms with Gasteiger partial charge in [0.15, 0.2) is 0 Å². The second-order valence-electron chi connectivity index (χ2n) is 5.26. The lowest BCUT2D eigenvalue weighted by Gasteiger charge is -2.11. The zero-order chi connectivity index (χ0) is 15.8. The molecule has 0 fully saturated rings. The van der Waals surface area contributed by atoms with E-state index in [-0.39, 0.29) is 11.8 Å². The fourth-order valence-electron chi connectivity index (χ4n) is 1.71. The van der Waals surface area contributed by atoms with Crippen LogP contribution in [0.2, 0.25) is 0 Å². The average molecular weight is 292 g/mol. The van der Waals surface area contributed by atoms with Crippen molar-refractivity contribution in [3.05, 3.63) is 23.8 Å². The molecule has 6 nitrogen and oxygen atoms in total. The maximum absolute atomic E-state index is 11.6. The predicted octanol–water partition coefficient (Wildman–Crippen LogP) is 1.20. The highest BCUT2D eigenvalue weighted by Gasteiger charge is 2.07. The maximum Gasteiger partial charge on any atom is 0.251 e. The highest BCUT2D eigenvalue weighted by Crippen LogP contribution is 2.19.